The van der Waals surface area contributed by atoms with Gasteiger partial charge < -0.3 is 24.2 Å². The van der Waals surface area contributed by atoms with Crippen LogP contribution < -0.4 is 15.7 Å². The Hall–Kier alpha value is -5.31. The monoisotopic (exact) mass is 729 g/mol. The van der Waals surface area contributed by atoms with Crippen LogP contribution in [-0.2, 0) is 45.3 Å². The van der Waals surface area contributed by atoms with Crippen LogP contribution in [0.2, 0.25) is 0 Å². The highest BCUT2D eigenvalue weighted by Crippen LogP contribution is 2.42. The van der Waals surface area contributed by atoms with Gasteiger partial charge in [-0.05, 0) is 35.7 Å². The summed E-state index contributed by atoms with van der Waals surface area (Å²) in [6.07, 6.45) is 2.56. The van der Waals surface area contributed by atoms with Crippen molar-refractivity contribution in [2.24, 2.45) is 12.9 Å². The Kier molecular flexibility index (Phi) is 10.6. The number of carbonyl (C=O) groups excluding carboxylic acids is 4. The van der Waals surface area contributed by atoms with Crippen molar-refractivity contribution in [3.63, 3.8) is 0 Å². The minimum absolute atomic E-state index is 0.00507. The summed E-state index contributed by atoms with van der Waals surface area (Å²) in [7, 11) is -2.67. The maximum atomic E-state index is 14.6. The van der Waals surface area contributed by atoms with Crippen LogP contribution in [0.4, 0.5) is 4.79 Å². The lowest BCUT2D eigenvalue weighted by Gasteiger charge is -2.55. The number of rotatable bonds is 12. The van der Waals surface area contributed by atoms with Crippen LogP contribution >= 0.6 is 7.82 Å². The molecule has 3 atom stereocenters. The number of urea groups is 1. The highest BCUT2D eigenvalue weighted by atomic mass is 31.2. The second-order valence-electron chi connectivity index (χ2n) is 12.7. The van der Waals surface area contributed by atoms with Crippen LogP contribution in [0, 0.1) is 0 Å². The zero-order valence-electron chi connectivity index (χ0n) is 28.8. The normalized spacial score (nSPS) is 19.0. The number of aryl methyl sites for hydroxylation is 1. The van der Waals surface area contributed by atoms with Crippen LogP contribution in [0.1, 0.15) is 34.0 Å². The number of para-hydroxylation sites is 1. The van der Waals surface area contributed by atoms with Crippen molar-refractivity contribution in [3.05, 3.63) is 114 Å². The Morgan fingerprint density at radius 3 is 2.46 bits per heavy atom. The summed E-state index contributed by atoms with van der Waals surface area (Å²) in [5, 5.41) is 6.86. The van der Waals surface area contributed by atoms with Gasteiger partial charge in [0.1, 0.15) is 18.0 Å². The molecule has 4 amide bonds. The molecule has 3 aromatic carbocycles. The van der Waals surface area contributed by atoms with Crippen molar-refractivity contribution in [3.8, 4) is 5.75 Å². The van der Waals surface area contributed by atoms with E-state index in [1.54, 1.807) is 34.3 Å². The minimum Gasteiger partial charge on any atom is -0.403 e. The number of hydrogen-bond acceptors (Lipinski definition) is 9. The van der Waals surface area contributed by atoms with Crippen LogP contribution in [0.15, 0.2) is 91.6 Å². The molecule has 3 heterocycles. The molecule has 4 aromatic rings. The molecule has 0 bridgehead atoms. The van der Waals surface area contributed by atoms with Gasteiger partial charge in [0.05, 0.1) is 18.6 Å². The summed E-state index contributed by atoms with van der Waals surface area (Å²) in [4.78, 5) is 67.8. The van der Waals surface area contributed by atoms with E-state index < -0.39 is 26.1 Å². The third-order valence-electron chi connectivity index (χ3n) is 9.20. The van der Waals surface area contributed by atoms with Crippen LogP contribution in [-0.4, -0.2) is 84.7 Å². The number of fused-ring (bicyclic) bond motifs is 2. The molecule has 16 heteroatoms. The van der Waals surface area contributed by atoms with E-state index in [-0.39, 0.29) is 62.5 Å². The van der Waals surface area contributed by atoms with Gasteiger partial charge in [0, 0.05) is 50.2 Å². The van der Waals surface area contributed by atoms with Crippen molar-refractivity contribution in [1.29, 1.82) is 0 Å². The molecule has 2 fully saturated rings. The van der Waals surface area contributed by atoms with Crippen molar-refractivity contribution in [2.45, 2.75) is 38.6 Å². The number of nitrogens with one attached hydrogen (secondary N) is 1. The smallest absolute Gasteiger partial charge is 0.403 e. The summed E-state index contributed by atoms with van der Waals surface area (Å²) in [6, 6.07) is 19.6. The van der Waals surface area contributed by atoms with Crippen molar-refractivity contribution >= 4 is 42.4 Å². The first-order chi connectivity index (χ1) is 24.9. The first-order valence-electron chi connectivity index (χ1n) is 16.5. The highest BCUT2D eigenvalue weighted by molar-refractivity contribution is 7.47. The van der Waals surface area contributed by atoms with Gasteiger partial charge in [-0.25, -0.2) is 25.3 Å². The van der Waals surface area contributed by atoms with E-state index in [1.807, 2.05) is 60.1 Å². The SMILES string of the molecule is C=CCN1CC(=O)N2C(Cc3ccc(OP(=O)(O)ON)cc3)C(=O)N(Cc3cccc4c(C(C)=O)cn(C)c34)CC2N1C(=O)NCc1ccccc1. The fraction of sp³-hybridized carbons (Fsp3) is 0.278. The summed E-state index contributed by atoms with van der Waals surface area (Å²) in [6.45, 7) is 5.76. The van der Waals surface area contributed by atoms with E-state index in [9.17, 15) is 28.6 Å². The summed E-state index contributed by atoms with van der Waals surface area (Å²) < 4.78 is 22.6. The fourth-order valence-corrected chi connectivity index (χ4v) is 7.36. The van der Waals surface area contributed by atoms with E-state index in [4.69, 9.17) is 10.4 Å². The number of piperazine rings is 1. The van der Waals surface area contributed by atoms with Crippen LogP contribution in [0.3, 0.4) is 0 Å². The Balaban J connectivity index is 1.38. The molecule has 0 spiro atoms. The third kappa shape index (κ3) is 7.49. The number of hydrogen-bond donors (Lipinski definition) is 3. The van der Waals surface area contributed by atoms with Crippen molar-refractivity contribution < 1.29 is 37.8 Å². The first-order valence-corrected chi connectivity index (χ1v) is 18.0. The summed E-state index contributed by atoms with van der Waals surface area (Å²) >= 11 is 0. The number of phosphoric ester groups is 1. The topological polar surface area (TPSA) is 180 Å². The van der Waals surface area contributed by atoms with E-state index in [2.05, 4.69) is 16.5 Å². The molecule has 2 aliphatic rings. The molecule has 0 radical (unpaired) electrons. The number of ketones is 1. The highest BCUT2D eigenvalue weighted by Gasteiger charge is 2.51. The van der Waals surface area contributed by atoms with Crippen molar-refractivity contribution in [1.82, 2.24) is 29.7 Å². The maximum Gasteiger partial charge on any atom is 0.544 e. The Bertz CT molecular complexity index is 2050. The molecule has 6 rings (SSSR count). The molecule has 2 aliphatic heterocycles. The van der Waals surface area contributed by atoms with Gasteiger partial charge in [-0.1, -0.05) is 66.7 Å². The van der Waals surface area contributed by atoms with Crippen LogP contribution in [0.5, 0.6) is 5.75 Å². The zero-order valence-corrected chi connectivity index (χ0v) is 29.6. The molecule has 3 unspecified atom stereocenters. The average molecular weight is 730 g/mol. The van der Waals surface area contributed by atoms with Gasteiger partial charge in [0.25, 0.3) is 0 Å². The number of nitrogens with zero attached hydrogens (tertiary/aromatic N) is 5. The standard InChI is InChI=1S/C36H40N7O8P/c1-4-17-41-23-33(45)42-31(18-25-13-15-28(16-14-25)50-52(48,49)51-37)35(46)40(20-27-11-8-12-29-30(24(2)44)21-39(3)34(27)29)22-32(42)43(41)36(47)38-19-26-9-6-5-7-10-26/h4-16,21,31-32H,1,17-20,22-23,37H2,2-3H3,(H,38,47)(H,48,49). The second-order valence-corrected chi connectivity index (χ2v) is 14.0. The molecular weight excluding hydrogens is 689 g/mol. The summed E-state index contributed by atoms with van der Waals surface area (Å²) in [5.74, 6) is 4.11. The molecule has 0 saturated carbocycles. The minimum atomic E-state index is -4.52. The molecule has 1 aromatic heterocycles. The molecule has 0 aliphatic carbocycles. The number of amides is 4. The molecule has 272 valence electrons. The number of nitrogens with two attached hydrogens (primary N) is 1. The second kappa shape index (κ2) is 15.1. The average Bonchev–Trinajstić information content (AvgIpc) is 3.47. The molecule has 2 saturated heterocycles. The predicted molar refractivity (Wildman–Crippen MR) is 191 cm³/mol. The van der Waals surface area contributed by atoms with E-state index >= 15 is 0 Å². The number of aromatic nitrogens is 1. The largest absolute Gasteiger partial charge is 0.544 e. The lowest BCUT2D eigenvalue weighted by Crippen LogP contribution is -2.76. The fourth-order valence-electron chi connectivity index (χ4n) is 6.93. The molecule has 15 nitrogen and oxygen atoms in total. The van der Waals surface area contributed by atoms with Gasteiger partial charge in [-0.15, -0.1) is 6.58 Å². The maximum absolute atomic E-state index is 14.6. The number of hydrazine groups is 1. The quantitative estimate of drug-likeness (QED) is 0.0846. The number of benzene rings is 3. The lowest BCUT2D eigenvalue weighted by molar-refractivity contribution is -0.189. The number of carbonyl (C=O) groups is 4. The predicted octanol–water partition coefficient (Wildman–Crippen LogP) is 3.49. The van der Waals surface area contributed by atoms with E-state index in [0.29, 0.717) is 11.1 Å². The van der Waals surface area contributed by atoms with Gasteiger partial charge in [0.2, 0.25) is 11.8 Å². The van der Waals surface area contributed by atoms with Gasteiger partial charge >= 0.3 is 13.9 Å². The van der Waals surface area contributed by atoms with Gasteiger partial charge in [-0.3, -0.25) is 19.3 Å². The molecule has 52 heavy (non-hydrogen) atoms. The van der Waals surface area contributed by atoms with E-state index in [1.165, 1.54) is 29.0 Å². The van der Waals surface area contributed by atoms with Crippen molar-refractivity contribution in [2.75, 3.05) is 19.6 Å². The Morgan fingerprint density at radius 2 is 1.79 bits per heavy atom. The first kappa shape index (κ1) is 36.5. The van der Waals surface area contributed by atoms with E-state index in [0.717, 1.165) is 22.0 Å². The van der Waals surface area contributed by atoms with Gasteiger partial charge in [0.15, 0.2) is 5.78 Å². The lowest BCUT2D eigenvalue weighted by atomic mass is 9.98. The Labute approximate surface area is 300 Å². The summed E-state index contributed by atoms with van der Waals surface area (Å²) in [5.41, 5.74) is 3.65. The number of Topliss-reactive ketones (excluding diaryl/α,β-unsaturated/α-hetero) is 1. The number of phosphoric acid groups is 1. The molecular formula is C36H40N7O8P. The zero-order chi connectivity index (χ0) is 37.2. The third-order valence-corrected chi connectivity index (χ3v) is 9.90. The molecule has 4 N–H and O–H groups in total. The van der Waals surface area contributed by atoms with Gasteiger partial charge in [-0.2, -0.15) is 4.62 Å². The Morgan fingerprint density at radius 1 is 1.06 bits per heavy atom. The van der Waals surface area contributed by atoms with Crippen LogP contribution in [0.25, 0.3) is 10.9 Å².